The first-order valence-corrected chi connectivity index (χ1v) is 8.79. The molecule has 1 amide bonds. The van der Waals surface area contributed by atoms with Gasteiger partial charge in [0.2, 0.25) is 5.13 Å². The van der Waals surface area contributed by atoms with Gasteiger partial charge in [0.05, 0.1) is 10.0 Å². The highest BCUT2D eigenvalue weighted by Gasteiger charge is 2.12. The highest BCUT2D eigenvalue weighted by molar-refractivity contribution is 7.15. The van der Waals surface area contributed by atoms with E-state index >= 15 is 0 Å². The predicted octanol–water partition coefficient (Wildman–Crippen LogP) is 5.34. The van der Waals surface area contributed by atoms with Crippen LogP contribution in [0.2, 0.25) is 15.1 Å². The van der Waals surface area contributed by atoms with Crippen LogP contribution in [0.4, 0.5) is 5.13 Å². The van der Waals surface area contributed by atoms with E-state index in [1.54, 1.807) is 12.1 Å². The molecule has 0 aliphatic heterocycles. The predicted molar refractivity (Wildman–Crippen MR) is 98.6 cm³/mol. The smallest absolute Gasteiger partial charge is 0.257 e. The maximum atomic E-state index is 12.2. The van der Waals surface area contributed by atoms with Crippen molar-refractivity contribution in [1.82, 2.24) is 10.2 Å². The number of hydrogen-bond donors (Lipinski definition) is 1. The van der Waals surface area contributed by atoms with E-state index in [9.17, 15) is 4.79 Å². The molecule has 0 bridgehead atoms. The van der Waals surface area contributed by atoms with Crippen molar-refractivity contribution >= 4 is 57.2 Å². The Hall–Kier alpha value is -1.66. The van der Waals surface area contributed by atoms with Gasteiger partial charge in [0, 0.05) is 17.0 Å². The Morgan fingerprint density at radius 2 is 1.75 bits per heavy atom. The van der Waals surface area contributed by atoms with E-state index < -0.39 is 0 Å². The summed E-state index contributed by atoms with van der Waals surface area (Å²) in [5.41, 5.74) is 1.47. The second kappa shape index (κ2) is 7.49. The molecule has 1 aromatic heterocycles. The summed E-state index contributed by atoms with van der Waals surface area (Å²) >= 11 is 18.9. The summed E-state index contributed by atoms with van der Waals surface area (Å²) in [5.74, 6) is -0.317. The minimum absolute atomic E-state index is 0.317. The Balaban J connectivity index is 1.68. The lowest BCUT2D eigenvalue weighted by Gasteiger charge is -2.02. The molecule has 0 radical (unpaired) electrons. The molecule has 0 unspecified atom stereocenters. The maximum absolute atomic E-state index is 12.2. The standard InChI is InChI=1S/C16H10Cl3N3OS/c17-11-4-1-9(2-5-11)7-14-21-22-16(24-14)20-15(23)10-3-6-12(18)13(19)8-10/h1-6,8H,7H2,(H,20,22,23). The van der Waals surface area contributed by atoms with Gasteiger partial charge in [0.1, 0.15) is 5.01 Å². The molecule has 4 nitrogen and oxygen atoms in total. The molecule has 0 saturated heterocycles. The van der Waals surface area contributed by atoms with Crippen LogP contribution in [0.5, 0.6) is 0 Å². The van der Waals surface area contributed by atoms with Crippen LogP contribution in [0.1, 0.15) is 20.9 Å². The fraction of sp³-hybridized carbons (Fsp3) is 0.0625. The number of anilines is 1. The number of nitrogens with one attached hydrogen (secondary N) is 1. The van der Waals surface area contributed by atoms with Crippen LogP contribution in [0.3, 0.4) is 0 Å². The molecule has 1 heterocycles. The number of halogens is 3. The molecule has 122 valence electrons. The van der Waals surface area contributed by atoms with Crippen LogP contribution in [-0.2, 0) is 6.42 Å². The van der Waals surface area contributed by atoms with E-state index in [0.717, 1.165) is 10.6 Å². The quantitative estimate of drug-likeness (QED) is 0.645. The monoisotopic (exact) mass is 397 g/mol. The Bertz CT molecular complexity index is 881. The highest BCUT2D eigenvalue weighted by atomic mass is 35.5. The lowest BCUT2D eigenvalue weighted by atomic mass is 10.2. The Morgan fingerprint density at radius 3 is 2.46 bits per heavy atom. The van der Waals surface area contributed by atoms with Gasteiger partial charge in [-0.25, -0.2) is 0 Å². The molecular weight excluding hydrogens is 389 g/mol. The molecule has 1 N–H and O–H groups in total. The summed E-state index contributed by atoms with van der Waals surface area (Å²) in [7, 11) is 0. The van der Waals surface area contributed by atoms with E-state index in [2.05, 4.69) is 15.5 Å². The summed E-state index contributed by atoms with van der Waals surface area (Å²) in [6.45, 7) is 0. The van der Waals surface area contributed by atoms with Gasteiger partial charge in [-0.1, -0.05) is 58.3 Å². The third-order valence-electron chi connectivity index (χ3n) is 3.14. The second-order valence-corrected chi connectivity index (χ2v) is 7.20. The number of amides is 1. The minimum Gasteiger partial charge on any atom is -0.296 e. The summed E-state index contributed by atoms with van der Waals surface area (Å²) in [5, 5.41) is 13.4. The third-order valence-corrected chi connectivity index (χ3v) is 4.97. The van der Waals surface area contributed by atoms with Crippen molar-refractivity contribution in [3.8, 4) is 0 Å². The molecule has 3 rings (SSSR count). The van der Waals surface area contributed by atoms with Crippen molar-refractivity contribution < 1.29 is 4.79 Å². The van der Waals surface area contributed by atoms with Gasteiger partial charge in [-0.15, -0.1) is 10.2 Å². The number of rotatable bonds is 4. The molecule has 24 heavy (non-hydrogen) atoms. The van der Waals surface area contributed by atoms with Crippen LogP contribution in [-0.4, -0.2) is 16.1 Å². The van der Waals surface area contributed by atoms with Gasteiger partial charge in [0.25, 0.3) is 5.91 Å². The first-order chi connectivity index (χ1) is 11.5. The van der Waals surface area contributed by atoms with Crippen molar-refractivity contribution in [2.45, 2.75) is 6.42 Å². The number of carbonyl (C=O) groups is 1. The number of nitrogens with zero attached hydrogens (tertiary/aromatic N) is 2. The third kappa shape index (κ3) is 4.24. The SMILES string of the molecule is O=C(Nc1nnc(Cc2ccc(Cl)cc2)s1)c1ccc(Cl)c(Cl)c1. The molecule has 0 spiro atoms. The zero-order valence-electron chi connectivity index (χ0n) is 12.1. The van der Waals surface area contributed by atoms with E-state index in [-0.39, 0.29) is 5.91 Å². The lowest BCUT2D eigenvalue weighted by Crippen LogP contribution is -2.11. The van der Waals surface area contributed by atoms with Crippen LogP contribution < -0.4 is 5.32 Å². The van der Waals surface area contributed by atoms with Gasteiger partial charge in [-0.05, 0) is 35.9 Å². The Kier molecular flexibility index (Phi) is 5.36. The molecule has 0 aliphatic rings. The molecule has 3 aromatic rings. The van der Waals surface area contributed by atoms with Crippen molar-refractivity contribution in [2.75, 3.05) is 5.32 Å². The van der Waals surface area contributed by atoms with Crippen LogP contribution in [0, 0.1) is 0 Å². The minimum atomic E-state index is -0.317. The largest absolute Gasteiger partial charge is 0.296 e. The molecule has 8 heteroatoms. The van der Waals surface area contributed by atoms with Gasteiger partial charge >= 0.3 is 0 Å². The fourth-order valence-corrected chi connectivity index (χ4v) is 3.15. The highest BCUT2D eigenvalue weighted by Crippen LogP contribution is 2.24. The Morgan fingerprint density at radius 1 is 1.00 bits per heavy atom. The fourth-order valence-electron chi connectivity index (χ4n) is 1.96. The lowest BCUT2D eigenvalue weighted by molar-refractivity contribution is 0.102. The number of hydrogen-bond acceptors (Lipinski definition) is 4. The normalized spacial score (nSPS) is 10.6. The van der Waals surface area contributed by atoms with Crippen LogP contribution in [0.15, 0.2) is 42.5 Å². The van der Waals surface area contributed by atoms with Gasteiger partial charge in [-0.3, -0.25) is 10.1 Å². The second-order valence-electron chi connectivity index (χ2n) is 4.89. The van der Waals surface area contributed by atoms with Crippen molar-refractivity contribution in [2.24, 2.45) is 0 Å². The number of benzene rings is 2. The maximum Gasteiger partial charge on any atom is 0.257 e. The molecule has 0 aliphatic carbocycles. The molecule has 0 fully saturated rings. The van der Waals surface area contributed by atoms with Gasteiger partial charge < -0.3 is 0 Å². The van der Waals surface area contributed by atoms with Crippen LogP contribution in [0.25, 0.3) is 0 Å². The molecule has 0 saturated carbocycles. The van der Waals surface area contributed by atoms with E-state index in [0.29, 0.717) is 32.2 Å². The summed E-state index contributed by atoms with van der Waals surface area (Å²) < 4.78 is 0. The Labute approximate surface area is 157 Å². The van der Waals surface area contributed by atoms with E-state index in [1.165, 1.54) is 17.4 Å². The van der Waals surface area contributed by atoms with Crippen LogP contribution >= 0.6 is 46.1 Å². The van der Waals surface area contributed by atoms with E-state index in [1.807, 2.05) is 24.3 Å². The van der Waals surface area contributed by atoms with Crippen molar-refractivity contribution in [3.63, 3.8) is 0 Å². The van der Waals surface area contributed by atoms with Crippen molar-refractivity contribution in [1.29, 1.82) is 0 Å². The molecule has 2 aromatic carbocycles. The number of carbonyl (C=O) groups excluding carboxylic acids is 1. The zero-order valence-corrected chi connectivity index (χ0v) is 15.2. The summed E-state index contributed by atoms with van der Waals surface area (Å²) in [6.07, 6.45) is 0.622. The van der Waals surface area contributed by atoms with E-state index in [4.69, 9.17) is 34.8 Å². The topological polar surface area (TPSA) is 54.9 Å². The van der Waals surface area contributed by atoms with Gasteiger partial charge in [-0.2, -0.15) is 0 Å². The molecule has 0 atom stereocenters. The first kappa shape index (κ1) is 17.2. The number of aromatic nitrogens is 2. The zero-order chi connectivity index (χ0) is 17.1. The molecular formula is C16H10Cl3N3OS. The summed E-state index contributed by atoms with van der Waals surface area (Å²) in [4.78, 5) is 12.2. The van der Waals surface area contributed by atoms with Crippen molar-refractivity contribution in [3.05, 3.63) is 73.7 Å². The average Bonchev–Trinajstić information content (AvgIpc) is 2.99. The summed E-state index contributed by atoms with van der Waals surface area (Å²) in [6, 6.07) is 12.2. The average molecular weight is 399 g/mol. The first-order valence-electron chi connectivity index (χ1n) is 6.84. The van der Waals surface area contributed by atoms with Gasteiger partial charge in [0.15, 0.2) is 0 Å².